The number of carbonyl (C=O) groups excluding carboxylic acids is 2. The van der Waals surface area contributed by atoms with Gasteiger partial charge in [-0.05, 0) is 74.2 Å². The number of benzene rings is 3. The van der Waals surface area contributed by atoms with E-state index in [1.54, 1.807) is 36.4 Å². The molecule has 6 nitrogen and oxygen atoms in total. The molecule has 0 aliphatic carbocycles. The zero-order valence-electron chi connectivity index (χ0n) is 19.5. The first kappa shape index (κ1) is 23.4. The molecule has 1 aliphatic heterocycles. The van der Waals surface area contributed by atoms with Crippen molar-refractivity contribution in [2.45, 2.75) is 34.2 Å². The summed E-state index contributed by atoms with van der Waals surface area (Å²) >= 11 is 0. The summed E-state index contributed by atoms with van der Waals surface area (Å²) in [6.45, 7) is 7.28. The number of nitrogens with one attached hydrogen (secondary N) is 1. The lowest BCUT2D eigenvalue weighted by atomic mass is 10.1. The molecule has 1 aliphatic rings. The van der Waals surface area contributed by atoms with Crippen molar-refractivity contribution in [2.75, 3.05) is 5.32 Å². The van der Waals surface area contributed by atoms with Crippen molar-refractivity contribution in [3.63, 3.8) is 0 Å². The van der Waals surface area contributed by atoms with Gasteiger partial charge >= 0.3 is 0 Å². The Morgan fingerprint density at radius 1 is 0.824 bits per heavy atom. The Bertz CT molecular complexity index is 1400. The standard InChI is InChI=1S/C27H26N2O4S/c1-17-5-9-22(10-6-17)25-20(4)27(31)29(34(25,32)33)16-21-7-11-23(12-8-21)26(30)28-24-14-18(2)13-19(3)15-24/h5-15H,16H2,1-4H3,(H,28,30). The van der Waals surface area contributed by atoms with E-state index in [9.17, 15) is 18.0 Å². The molecule has 3 aromatic rings. The van der Waals surface area contributed by atoms with Gasteiger partial charge in [-0.3, -0.25) is 9.59 Å². The Morgan fingerprint density at radius 3 is 2.00 bits per heavy atom. The lowest BCUT2D eigenvalue weighted by Crippen LogP contribution is -2.30. The van der Waals surface area contributed by atoms with Gasteiger partial charge in [-0.2, -0.15) is 0 Å². The van der Waals surface area contributed by atoms with Crippen molar-refractivity contribution >= 4 is 32.4 Å². The molecule has 0 aromatic heterocycles. The van der Waals surface area contributed by atoms with Crippen molar-refractivity contribution in [2.24, 2.45) is 0 Å². The SMILES string of the molecule is CC1=C(c2ccc(C)cc2)S(=O)(=O)N(Cc2ccc(C(=O)Nc3cc(C)cc(C)c3)cc2)C1=O. The van der Waals surface area contributed by atoms with Crippen LogP contribution in [0, 0.1) is 20.8 Å². The Morgan fingerprint density at radius 2 is 1.41 bits per heavy atom. The number of hydrogen-bond donors (Lipinski definition) is 1. The molecule has 174 valence electrons. The van der Waals surface area contributed by atoms with Gasteiger partial charge in [0.25, 0.3) is 21.8 Å². The summed E-state index contributed by atoms with van der Waals surface area (Å²) in [5.74, 6) is -0.798. The maximum atomic E-state index is 13.2. The highest BCUT2D eigenvalue weighted by atomic mass is 32.2. The molecule has 0 spiro atoms. The van der Waals surface area contributed by atoms with Gasteiger partial charge < -0.3 is 5.32 Å². The molecule has 0 radical (unpaired) electrons. The number of carbonyl (C=O) groups is 2. The van der Waals surface area contributed by atoms with Crippen LogP contribution in [0.1, 0.15) is 45.1 Å². The predicted molar refractivity (Wildman–Crippen MR) is 134 cm³/mol. The van der Waals surface area contributed by atoms with Gasteiger partial charge in [0.1, 0.15) is 4.91 Å². The van der Waals surface area contributed by atoms with Crippen molar-refractivity contribution in [3.05, 3.63) is 106 Å². The van der Waals surface area contributed by atoms with Crippen LogP contribution in [0.5, 0.6) is 0 Å². The molecule has 0 saturated carbocycles. The largest absolute Gasteiger partial charge is 0.322 e. The fourth-order valence-electron chi connectivity index (χ4n) is 4.10. The minimum Gasteiger partial charge on any atom is -0.322 e. The quantitative estimate of drug-likeness (QED) is 0.566. The first-order valence-corrected chi connectivity index (χ1v) is 12.3. The van der Waals surface area contributed by atoms with Crippen LogP contribution in [0.25, 0.3) is 4.91 Å². The maximum absolute atomic E-state index is 13.2. The van der Waals surface area contributed by atoms with E-state index in [2.05, 4.69) is 5.32 Å². The molecule has 0 fully saturated rings. The van der Waals surface area contributed by atoms with Crippen LogP contribution in [0.3, 0.4) is 0 Å². The number of amides is 2. The fraction of sp³-hybridized carbons (Fsp3) is 0.185. The smallest absolute Gasteiger partial charge is 0.268 e. The average molecular weight is 475 g/mol. The number of anilines is 1. The highest BCUT2D eigenvalue weighted by Crippen LogP contribution is 2.36. The summed E-state index contributed by atoms with van der Waals surface area (Å²) in [6.07, 6.45) is 0. The first-order chi connectivity index (χ1) is 16.1. The number of aryl methyl sites for hydroxylation is 3. The van der Waals surface area contributed by atoms with Gasteiger partial charge in [-0.15, -0.1) is 0 Å². The molecule has 0 unspecified atom stereocenters. The van der Waals surface area contributed by atoms with Crippen molar-refractivity contribution in [1.29, 1.82) is 0 Å². The Kier molecular flexibility index (Phi) is 6.15. The van der Waals surface area contributed by atoms with Crippen LogP contribution in [0.15, 0.2) is 72.3 Å². The zero-order valence-corrected chi connectivity index (χ0v) is 20.4. The highest BCUT2D eigenvalue weighted by molar-refractivity contribution is 7.99. The third-order valence-electron chi connectivity index (χ3n) is 5.77. The number of sulfonamides is 1. The second kappa shape index (κ2) is 8.91. The van der Waals surface area contributed by atoms with E-state index in [0.717, 1.165) is 21.0 Å². The van der Waals surface area contributed by atoms with Crippen LogP contribution in [0.4, 0.5) is 5.69 Å². The minimum atomic E-state index is -3.98. The second-order valence-electron chi connectivity index (χ2n) is 8.66. The highest BCUT2D eigenvalue weighted by Gasteiger charge is 2.42. The van der Waals surface area contributed by atoms with E-state index in [-0.39, 0.29) is 22.9 Å². The van der Waals surface area contributed by atoms with Gasteiger partial charge in [0.15, 0.2) is 0 Å². The summed E-state index contributed by atoms with van der Waals surface area (Å²) in [5.41, 5.74) is 5.57. The van der Waals surface area contributed by atoms with E-state index >= 15 is 0 Å². The molecule has 7 heteroatoms. The van der Waals surface area contributed by atoms with E-state index < -0.39 is 15.9 Å². The van der Waals surface area contributed by atoms with E-state index in [1.165, 1.54) is 6.92 Å². The van der Waals surface area contributed by atoms with Gasteiger partial charge in [0.05, 0.1) is 6.54 Å². The maximum Gasteiger partial charge on any atom is 0.268 e. The molecule has 4 rings (SSSR count). The number of rotatable bonds is 5. The normalized spacial score (nSPS) is 15.1. The van der Waals surface area contributed by atoms with Crippen LogP contribution < -0.4 is 5.32 Å². The predicted octanol–water partition coefficient (Wildman–Crippen LogP) is 4.97. The fourth-order valence-corrected chi connectivity index (χ4v) is 5.90. The number of nitrogens with zero attached hydrogens (tertiary/aromatic N) is 1. The van der Waals surface area contributed by atoms with Crippen LogP contribution in [0.2, 0.25) is 0 Å². The van der Waals surface area contributed by atoms with Gasteiger partial charge in [-0.25, -0.2) is 12.7 Å². The lowest BCUT2D eigenvalue weighted by molar-refractivity contribution is -0.122. The van der Waals surface area contributed by atoms with Crippen LogP contribution in [-0.4, -0.2) is 24.5 Å². The third-order valence-corrected chi connectivity index (χ3v) is 7.70. The summed E-state index contributed by atoms with van der Waals surface area (Å²) in [5, 5.41) is 2.88. The molecule has 0 atom stereocenters. The summed E-state index contributed by atoms with van der Waals surface area (Å²) in [4.78, 5) is 25.5. The summed E-state index contributed by atoms with van der Waals surface area (Å²) < 4.78 is 27.3. The Labute approximate surface area is 200 Å². The van der Waals surface area contributed by atoms with Crippen LogP contribution in [-0.2, 0) is 21.4 Å². The summed E-state index contributed by atoms with van der Waals surface area (Å²) in [6, 6.07) is 19.5. The van der Waals surface area contributed by atoms with Crippen molar-refractivity contribution in [1.82, 2.24) is 4.31 Å². The molecule has 1 N–H and O–H groups in total. The molecule has 34 heavy (non-hydrogen) atoms. The Hall–Kier alpha value is -3.71. The third kappa shape index (κ3) is 4.52. The van der Waals surface area contributed by atoms with Gasteiger partial charge in [0.2, 0.25) is 0 Å². The van der Waals surface area contributed by atoms with E-state index in [0.29, 0.717) is 22.4 Å². The number of hydrogen-bond acceptors (Lipinski definition) is 4. The van der Waals surface area contributed by atoms with Crippen LogP contribution >= 0.6 is 0 Å². The van der Waals surface area contributed by atoms with Gasteiger partial charge in [0, 0.05) is 16.8 Å². The molecule has 1 heterocycles. The first-order valence-electron chi connectivity index (χ1n) is 10.9. The molecule has 2 amide bonds. The Balaban J connectivity index is 1.51. The minimum absolute atomic E-state index is 0.0435. The topological polar surface area (TPSA) is 83.6 Å². The van der Waals surface area contributed by atoms with Crippen molar-refractivity contribution < 1.29 is 18.0 Å². The van der Waals surface area contributed by atoms with E-state index in [1.807, 2.05) is 51.1 Å². The average Bonchev–Trinajstić information content (AvgIpc) is 2.93. The van der Waals surface area contributed by atoms with Gasteiger partial charge in [-0.1, -0.05) is 48.0 Å². The summed E-state index contributed by atoms with van der Waals surface area (Å²) in [7, 11) is -3.98. The molecule has 0 bridgehead atoms. The molecule has 0 saturated heterocycles. The molecular formula is C27H26N2O4S. The lowest BCUT2D eigenvalue weighted by Gasteiger charge is -2.17. The van der Waals surface area contributed by atoms with Crippen molar-refractivity contribution in [3.8, 4) is 0 Å². The van der Waals surface area contributed by atoms with E-state index in [4.69, 9.17) is 0 Å². The second-order valence-corrected chi connectivity index (χ2v) is 10.5. The monoisotopic (exact) mass is 474 g/mol. The zero-order chi connectivity index (χ0) is 24.6. The molecular weight excluding hydrogens is 448 g/mol. The molecule has 3 aromatic carbocycles.